The van der Waals surface area contributed by atoms with Gasteiger partial charge in [-0.15, -0.1) is 0 Å². The van der Waals surface area contributed by atoms with Gasteiger partial charge in [-0.25, -0.2) is 9.97 Å². The van der Waals surface area contributed by atoms with Gasteiger partial charge in [-0.2, -0.15) is 0 Å². The van der Waals surface area contributed by atoms with E-state index in [9.17, 15) is 9.59 Å². The van der Waals surface area contributed by atoms with Crippen LogP contribution in [0, 0.1) is 5.92 Å². The smallest absolute Gasteiger partial charge is 0.310 e. The molecule has 2 aliphatic rings. The van der Waals surface area contributed by atoms with Gasteiger partial charge in [0.05, 0.1) is 25.7 Å². The summed E-state index contributed by atoms with van der Waals surface area (Å²) >= 11 is 1.58. The minimum Gasteiger partial charge on any atom is -0.466 e. The Kier molecular flexibility index (Phi) is 8.98. The van der Waals surface area contributed by atoms with Gasteiger partial charge in [-0.3, -0.25) is 9.59 Å². The highest BCUT2D eigenvalue weighted by atomic mass is 32.2. The minimum absolute atomic E-state index is 0.0373. The van der Waals surface area contributed by atoms with Crippen molar-refractivity contribution >= 4 is 29.5 Å². The molecule has 9 heteroatoms. The van der Waals surface area contributed by atoms with Gasteiger partial charge in [0.25, 0.3) is 5.91 Å². The van der Waals surface area contributed by atoms with Crippen molar-refractivity contribution in [3.05, 3.63) is 47.2 Å². The average molecular weight is 499 g/mol. The van der Waals surface area contributed by atoms with Gasteiger partial charge in [0.1, 0.15) is 5.82 Å². The zero-order chi connectivity index (χ0) is 24.6. The summed E-state index contributed by atoms with van der Waals surface area (Å²) < 4.78 is 10.6. The number of anilines is 1. The SMILES string of the molecule is CCOC(=O)[C@H]1CCCN(C(=O)c2cccc(CSc3nc(CC)cc(N4CCOCC4)n3)c2)C1. The van der Waals surface area contributed by atoms with Crippen LogP contribution >= 0.6 is 11.8 Å². The number of esters is 1. The van der Waals surface area contributed by atoms with Crippen molar-refractivity contribution in [2.45, 2.75) is 44.0 Å². The van der Waals surface area contributed by atoms with E-state index in [0.717, 1.165) is 54.6 Å². The van der Waals surface area contributed by atoms with E-state index in [1.54, 1.807) is 23.6 Å². The number of carbonyl (C=O) groups is 2. The number of likely N-dealkylation sites (tertiary alicyclic amines) is 1. The molecule has 8 nitrogen and oxygen atoms in total. The third-order valence-corrected chi connectivity index (χ3v) is 7.23. The van der Waals surface area contributed by atoms with E-state index >= 15 is 0 Å². The van der Waals surface area contributed by atoms with Crippen LogP contribution in [0.15, 0.2) is 35.5 Å². The molecule has 4 rings (SSSR count). The van der Waals surface area contributed by atoms with Crippen molar-refractivity contribution in [2.24, 2.45) is 5.92 Å². The minimum atomic E-state index is -0.241. The molecule has 1 aromatic carbocycles. The number of carbonyl (C=O) groups excluding carboxylic acids is 2. The first-order valence-electron chi connectivity index (χ1n) is 12.5. The number of thioether (sulfide) groups is 1. The lowest BCUT2D eigenvalue weighted by Gasteiger charge is -2.31. The Hall–Kier alpha value is -2.65. The molecule has 0 N–H and O–H groups in total. The zero-order valence-corrected chi connectivity index (χ0v) is 21.4. The molecule has 1 aromatic heterocycles. The number of hydrogen-bond donors (Lipinski definition) is 0. The highest BCUT2D eigenvalue weighted by Gasteiger charge is 2.29. The number of ether oxygens (including phenoxy) is 2. The van der Waals surface area contributed by atoms with Crippen LogP contribution in [0.1, 0.15) is 48.3 Å². The van der Waals surface area contributed by atoms with Crippen molar-refractivity contribution in [3.63, 3.8) is 0 Å². The molecule has 2 aromatic rings. The van der Waals surface area contributed by atoms with Gasteiger partial charge in [0.2, 0.25) is 0 Å². The summed E-state index contributed by atoms with van der Waals surface area (Å²) in [6.07, 6.45) is 2.42. The number of amides is 1. The summed E-state index contributed by atoms with van der Waals surface area (Å²) in [7, 11) is 0. The fourth-order valence-electron chi connectivity index (χ4n) is 4.40. The second kappa shape index (κ2) is 12.4. The molecule has 0 bridgehead atoms. The Labute approximate surface area is 211 Å². The Morgan fingerprint density at radius 2 is 1.97 bits per heavy atom. The van der Waals surface area contributed by atoms with Gasteiger partial charge in [-0.05, 0) is 43.9 Å². The fraction of sp³-hybridized carbons (Fsp3) is 0.538. The summed E-state index contributed by atoms with van der Waals surface area (Å²) in [5, 5.41) is 0.746. The number of aryl methyl sites for hydroxylation is 1. The number of morpholine rings is 1. The average Bonchev–Trinajstić information content (AvgIpc) is 2.92. The second-order valence-corrected chi connectivity index (χ2v) is 9.73. The lowest BCUT2D eigenvalue weighted by molar-refractivity contribution is -0.149. The van der Waals surface area contributed by atoms with E-state index in [1.165, 1.54) is 0 Å². The van der Waals surface area contributed by atoms with Crippen molar-refractivity contribution in [1.29, 1.82) is 0 Å². The normalized spacial score (nSPS) is 18.4. The molecule has 2 saturated heterocycles. The van der Waals surface area contributed by atoms with Crippen molar-refractivity contribution in [2.75, 3.05) is 50.9 Å². The summed E-state index contributed by atoms with van der Waals surface area (Å²) in [5.41, 5.74) is 2.71. The Balaban J connectivity index is 1.41. The third kappa shape index (κ3) is 6.73. The van der Waals surface area contributed by atoms with Crippen LogP contribution in [-0.4, -0.2) is 72.7 Å². The predicted molar refractivity (Wildman–Crippen MR) is 136 cm³/mol. The van der Waals surface area contributed by atoms with E-state index < -0.39 is 0 Å². The number of aromatic nitrogens is 2. The Bertz CT molecular complexity index is 1030. The van der Waals surface area contributed by atoms with Gasteiger partial charge >= 0.3 is 5.97 Å². The monoisotopic (exact) mass is 498 g/mol. The number of hydrogen-bond acceptors (Lipinski definition) is 8. The first-order valence-corrected chi connectivity index (χ1v) is 13.4. The number of benzene rings is 1. The lowest BCUT2D eigenvalue weighted by atomic mass is 9.97. The van der Waals surface area contributed by atoms with Crippen LogP contribution in [0.5, 0.6) is 0 Å². The van der Waals surface area contributed by atoms with E-state index in [2.05, 4.69) is 17.9 Å². The van der Waals surface area contributed by atoms with Crippen LogP contribution in [0.4, 0.5) is 5.82 Å². The summed E-state index contributed by atoms with van der Waals surface area (Å²) in [4.78, 5) is 38.9. The second-order valence-electron chi connectivity index (χ2n) is 8.78. The highest BCUT2D eigenvalue weighted by molar-refractivity contribution is 7.98. The van der Waals surface area contributed by atoms with Gasteiger partial charge in [0, 0.05) is 49.3 Å². The molecule has 1 atom stereocenters. The first-order chi connectivity index (χ1) is 17.1. The number of rotatable bonds is 8. The summed E-state index contributed by atoms with van der Waals surface area (Å²) in [5.74, 6) is 1.14. The standard InChI is InChI=1S/C26H34N4O4S/c1-3-22-16-23(29-11-13-33-14-12-29)28-26(27-22)35-18-19-7-5-8-20(15-19)24(31)30-10-6-9-21(17-30)25(32)34-4-2/h5,7-8,15-16,21H,3-4,6,9-14,17-18H2,1-2H3/t21-/m0/s1. The van der Waals surface area contributed by atoms with E-state index in [4.69, 9.17) is 19.4 Å². The first kappa shape index (κ1) is 25.4. The maximum absolute atomic E-state index is 13.2. The summed E-state index contributed by atoms with van der Waals surface area (Å²) in [6, 6.07) is 9.79. The van der Waals surface area contributed by atoms with Crippen molar-refractivity contribution in [3.8, 4) is 0 Å². The molecular formula is C26H34N4O4S. The Morgan fingerprint density at radius 3 is 2.74 bits per heavy atom. The predicted octanol–water partition coefficient (Wildman–Crippen LogP) is 3.58. The maximum atomic E-state index is 13.2. The van der Waals surface area contributed by atoms with Crippen LogP contribution in [-0.2, 0) is 26.4 Å². The molecule has 0 unspecified atom stereocenters. The van der Waals surface area contributed by atoms with Crippen LogP contribution in [0.2, 0.25) is 0 Å². The van der Waals surface area contributed by atoms with E-state index in [0.29, 0.717) is 44.2 Å². The highest BCUT2D eigenvalue weighted by Crippen LogP contribution is 2.25. The molecule has 2 aliphatic heterocycles. The van der Waals surface area contributed by atoms with Crippen LogP contribution in [0.25, 0.3) is 0 Å². The maximum Gasteiger partial charge on any atom is 0.310 e. The van der Waals surface area contributed by atoms with Gasteiger partial charge < -0.3 is 19.3 Å². The largest absolute Gasteiger partial charge is 0.466 e. The molecule has 3 heterocycles. The molecular weight excluding hydrogens is 464 g/mol. The van der Waals surface area contributed by atoms with Crippen LogP contribution < -0.4 is 4.90 Å². The topological polar surface area (TPSA) is 84.9 Å². The third-order valence-electron chi connectivity index (χ3n) is 6.31. The lowest BCUT2D eigenvalue weighted by Crippen LogP contribution is -2.42. The van der Waals surface area contributed by atoms with E-state index in [1.807, 2.05) is 24.3 Å². The molecule has 0 saturated carbocycles. The number of piperidine rings is 1. The Morgan fingerprint density at radius 1 is 1.14 bits per heavy atom. The van der Waals surface area contributed by atoms with Gasteiger partial charge in [0.15, 0.2) is 5.16 Å². The van der Waals surface area contributed by atoms with E-state index in [-0.39, 0.29) is 17.8 Å². The molecule has 188 valence electrons. The molecule has 1 amide bonds. The fourth-order valence-corrected chi connectivity index (χ4v) is 5.21. The van der Waals surface area contributed by atoms with Crippen LogP contribution in [0.3, 0.4) is 0 Å². The molecule has 0 spiro atoms. The van der Waals surface area contributed by atoms with Crippen molar-refractivity contribution < 1.29 is 19.1 Å². The molecule has 35 heavy (non-hydrogen) atoms. The quantitative estimate of drug-likeness (QED) is 0.310. The van der Waals surface area contributed by atoms with Crippen molar-refractivity contribution in [1.82, 2.24) is 14.9 Å². The summed E-state index contributed by atoms with van der Waals surface area (Å²) in [6.45, 7) is 8.45. The van der Waals surface area contributed by atoms with Gasteiger partial charge in [-0.1, -0.05) is 30.8 Å². The molecule has 0 radical (unpaired) electrons. The zero-order valence-electron chi connectivity index (χ0n) is 20.6. The number of nitrogens with zero attached hydrogens (tertiary/aromatic N) is 4. The molecule has 2 fully saturated rings. The molecule has 0 aliphatic carbocycles.